The van der Waals surface area contributed by atoms with Crippen LogP contribution in [0.2, 0.25) is 0 Å². The Morgan fingerprint density at radius 1 is 0.889 bits per heavy atom. The molecule has 0 aromatic rings. The maximum atomic E-state index is 5.47. The molecule has 5 heteroatoms. The smallest absolute Gasteiger partial charge is 0.109 e. The molecule has 0 amide bonds. The van der Waals surface area contributed by atoms with Crippen LogP contribution in [-0.2, 0) is 9.47 Å². The summed E-state index contributed by atoms with van der Waals surface area (Å²) in [5, 5.41) is 2.25. The van der Waals surface area contributed by atoms with Crippen LogP contribution in [0.3, 0.4) is 0 Å². The van der Waals surface area contributed by atoms with E-state index in [1.54, 1.807) is 0 Å². The summed E-state index contributed by atoms with van der Waals surface area (Å²) in [6.07, 6.45) is 2.31. The average Bonchev–Trinajstić information content (AvgIpc) is 2.40. The van der Waals surface area contributed by atoms with Crippen molar-refractivity contribution in [2.75, 3.05) is 59.3 Å². The van der Waals surface area contributed by atoms with E-state index in [1.165, 1.54) is 13.0 Å². The molecule has 0 saturated carbocycles. The Bertz CT molecular complexity index is 185. The number of rotatable bonds is 10. The Balaban J connectivity index is 1.88. The van der Waals surface area contributed by atoms with Crippen LogP contribution < -0.4 is 5.43 Å². The molecular formula is C13H29N3O2. The highest BCUT2D eigenvalue weighted by Gasteiger charge is 2.14. The largest absolute Gasteiger partial charge is 0.379 e. The summed E-state index contributed by atoms with van der Waals surface area (Å²) in [6, 6.07) is 0. The quantitative estimate of drug-likeness (QED) is 0.466. The van der Waals surface area contributed by atoms with E-state index in [4.69, 9.17) is 9.47 Å². The summed E-state index contributed by atoms with van der Waals surface area (Å²) in [6.45, 7) is 12.8. The first-order chi connectivity index (χ1) is 8.86. The molecular weight excluding hydrogens is 230 g/mol. The van der Waals surface area contributed by atoms with Crippen LogP contribution in [0, 0.1) is 0 Å². The van der Waals surface area contributed by atoms with Gasteiger partial charge >= 0.3 is 0 Å². The van der Waals surface area contributed by atoms with E-state index in [0.29, 0.717) is 19.9 Å². The number of hydrazine groups is 1. The Hall–Kier alpha value is -0.200. The second kappa shape index (κ2) is 10.7. The molecule has 1 aliphatic heterocycles. The Kier molecular flexibility index (Phi) is 9.42. The third kappa shape index (κ3) is 7.28. The zero-order valence-corrected chi connectivity index (χ0v) is 12.0. The molecule has 18 heavy (non-hydrogen) atoms. The SMILES string of the molecule is CCCOCCOCNN1CCN(CCC)CC1. The fraction of sp³-hybridized carbons (Fsp3) is 1.00. The lowest BCUT2D eigenvalue weighted by molar-refractivity contribution is -0.00243. The van der Waals surface area contributed by atoms with Crippen LogP contribution in [0.15, 0.2) is 0 Å². The molecule has 1 fully saturated rings. The molecule has 1 heterocycles. The second-order valence-electron chi connectivity index (χ2n) is 4.65. The first-order valence-corrected chi connectivity index (χ1v) is 7.23. The Morgan fingerprint density at radius 2 is 1.61 bits per heavy atom. The minimum atomic E-state index is 0.587. The van der Waals surface area contributed by atoms with Gasteiger partial charge in [-0.25, -0.2) is 10.4 Å². The lowest BCUT2D eigenvalue weighted by atomic mass is 10.3. The Labute approximate surface area is 111 Å². The highest BCUT2D eigenvalue weighted by molar-refractivity contribution is 4.68. The van der Waals surface area contributed by atoms with Gasteiger partial charge in [-0.2, -0.15) is 0 Å². The highest BCUT2D eigenvalue weighted by atomic mass is 16.5. The molecule has 1 N–H and O–H groups in total. The lowest BCUT2D eigenvalue weighted by Gasteiger charge is -2.34. The third-order valence-electron chi connectivity index (χ3n) is 3.02. The van der Waals surface area contributed by atoms with Crippen molar-refractivity contribution in [2.45, 2.75) is 26.7 Å². The van der Waals surface area contributed by atoms with Crippen LogP contribution in [-0.4, -0.2) is 69.2 Å². The van der Waals surface area contributed by atoms with E-state index in [1.807, 2.05) is 0 Å². The molecule has 1 saturated heterocycles. The van der Waals surface area contributed by atoms with Crippen molar-refractivity contribution in [1.82, 2.24) is 15.3 Å². The fourth-order valence-electron chi connectivity index (χ4n) is 2.02. The Morgan fingerprint density at radius 3 is 2.28 bits per heavy atom. The van der Waals surface area contributed by atoms with Gasteiger partial charge in [0.2, 0.25) is 0 Å². The molecule has 0 aromatic heterocycles. The van der Waals surface area contributed by atoms with Crippen molar-refractivity contribution < 1.29 is 9.47 Å². The van der Waals surface area contributed by atoms with Crippen LogP contribution in [0.1, 0.15) is 26.7 Å². The molecule has 1 rings (SSSR count). The van der Waals surface area contributed by atoms with Crippen LogP contribution in [0.5, 0.6) is 0 Å². The topological polar surface area (TPSA) is 37.0 Å². The van der Waals surface area contributed by atoms with E-state index in [9.17, 15) is 0 Å². The van der Waals surface area contributed by atoms with Gasteiger partial charge in [0.15, 0.2) is 0 Å². The standard InChI is InChI=1S/C13H29N3O2/c1-3-5-15-6-8-16(9-7-15)14-13-18-12-11-17-10-4-2/h14H,3-13H2,1-2H3. The zero-order chi connectivity index (χ0) is 13.1. The number of piperazine rings is 1. The van der Waals surface area contributed by atoms with Crippen molar-refractivity contribution in [3.05, 3.63) is 0 Å². The molecule has 108 valence electrons. The van der Waals surface area contributed by atoms with Gasteiger partial charge in [-0.3, -0.25) is 0 Å². The van der Waals surface area contributed by atoms with Gasteiger partial charge in [-0.05, 0) is 19.4 Å². The van der Waals surface area contributed by atoms with Gasteiger partial charge in [-0.1, -0.05) is 13.8 Å². The number of ether oxygens (including phenoxy) is 2. The number of hydrogen-bond acceptors (Lipinski definition) is 5. The van der Waals surface area contributed by atoms with Crippen molar-refractivity contribution in [3.8, 4) is 0 Å². The molecule has 0 atom stereocenters. The summed E-state index contributed by atoms with van der Waals surface area (Å²) in [7, 11) is 0. The lowest BCUT2D eigenvalue weighted by Crippen LogP contribution is -2.52. The van der Waals surface area contributed by atoms with E-state index in [2.05, 4.69) is 29.2 Å². The second-order valence-corrected chi connectivity index (χ2v) is 4.65. The minimum absolute atomic E-state index is 0.587. The summed E-state index contributed by atoms with van der Waals surface area (Å²) in [5.41, 5.74) is 3.30. The number of nitrogens with one attached hydrogen (secondary N) is 1. The summed E-state index contributed by atoms with van der Waals surface area (Å²) in [4.78, 5) is 2.51. The van der Waals surface area contributed by atoms with Crippen LogP contribution in [0.4, 0.5) is 0 Å². The van der Waals surface area contributed by atoms with Gasteiger partial charge in [0.05, 0.1) is 13.2 Å². The van der Waals surface area contributed by atoms with Gasteiger partial charge in [0, 0.05) is 32.8 Å². The first-order valence-electron chi connectivity index (χ1n) is 7.23. The molecule has 0 unspecified atom stereocenters. The first kappa shape index (κ1) is 15.9. The van der Waals surface area contributed by atoms with Crippen molar-refractivity contribution >= 4 is 0 Å². The summed E-state index contributed by atoms with van der Waals surface area (Å²) in [5.74, 6) is 0. The highest BCUT2D eigenvalue weighted by Crippen LogP contribution is 1.99. The number of nitrogens with zero attached hydrogens (tertiary/aromatic N) is 2. The molecule has 0 aliphatic carbocycles. The van der Waals surface area contributed by atoms with E-state index in [-0.39, 0.29) is 0 Å². The predicted molar refractivity (Wildman–Crippen MR) is 73.4 cm³/mol. The van der Waals surface area contributed by atoms with Gasteiger partial charge in [0.1, 0.15) is 6.73 Å². The molecule has 1 aliphatic rings. The summed E-state index contributed by atoms with van der Waals surface area (Å²) < 4.78 is 10.8. The number of hydrogen-bond donors (Lipinski definition) is 1. The molecule has 0 bridgehead atoms. The van der Waals surface area contributed by atoms with Crippen molar-refractivity contribution in [1.29, 1.82) is 0 Å². The monoisotopic (exact) mass is 259 g/mol. The minimum Gasteiger partial charge on any atom is -0.379 e. The molecule has 0 radical (unpaired) electrons. The van der Waals surface area contributed by atoms with E-state index in [0.717, 1.165) is 39.2 Å². The van der Waals surface area contributed by atoms with Gasteiger partial charge in [0.25, 0.3) is 0 Å². The molecule has 5 nitrogen and oxygen atoms in total. The molecule has 0 spiro atoms. The van der Waals surface area contributed by atoms with Gasteiger partial charge < -0.3 is 14.4 Å². The van der Waals surface area contributed by atoms with Crippen LogP contribution >= 0.6 is 0 Å². The van der Waals surface area contributed by atoms with E-state index < -0.39 is 0 Å². The van der Waals surface area contributed by atoms with Crippen LogP contribution in [0.25, 0.3) is 0 Å². The maximum Gasteiger partial charge on any atom is 0.109 e. The van der Waals surface area contributed by atoms with Crippen molar-refractivity contribution in [2.24, 2.45) is 0 Å². The third-order valence-corrected chi connectivity index (χ3v) is 3.02. The van der Waals surface area contributed by atoms with E-state index >= 15 is 0 Å². The average molecular weight is 259 g/mol. The maximum absolute atomic E-state index is 5.47. The predicted octanol–water partition coefficient (Wildman–Crippen LogP) is 0.919. The zero-order valence-electron chi connectivity index (χ0n) is 12.0. The van der Waals surface area contributed by atoms with Crippen molar-refractivity contribution in [3.63, 3.8) is 0 Å². The molecule has 0 aromatic carbocycles. The normalized spacial score (nSPS) is 18.3. The fourth-order valence-corrected chi connectivity index (χ4v) is 2.02. The summed E-state index contributed by atoms with van der Waals surface area (Å²) >= 11 is 0. The van der Waals surface area contributed by atoms with Gasteiger partial charge in [-0.15, -0.1) is 0 Å².